The molecule has 2 aromatic carbocycles. The van der Waals surface area contributed by atoms with Crippen LogP contribution in [0.2, 0.25) is 0 Å². The number of nitrogens with zero attached hydrogens (tertiary/aromatic N) is 1. The highest BCUT2D eigenvalue weighted by Gasteiger charge is 2.36. The molecule has 1 aliphatic heterocycles. The smallest absolute Gasteiger partial charge is 0.344 e. The quantitative estimate of drug-likeness (QED) is 0.721. The van der Waals surface area contributed by atoms with E-state index in [0.717, 1.165) is 22.3 Å². The van der Waals surface area contributed by atoms with Crippen LogP contribution in [-0.2, 0) is 4.74 Å². The Balaban J connectivity index is 1.77. The number of benzene rings is 2. The number of pyridine rings is 1. The Labute approximate surface area is 150 Å². The minimum atomic E-state index is -0.620. The van der Waals surface area contributed by atoms with E-state index in [4.69, 9.17) is 14.2 Å². The second kappa shape index (κ2) is 6.22. The number of ether oxygens (including phenoxy) is 3. The van der Waals surface area contributed by atoms with Crippen molar-refractivity contribution in [2.45, 2.75) is 13.2 Å². The maximum Gasteiger partial charge on any atom is 0.344 e. The molecule has 26 heavy (non-hydrogen) atoms. The maximum atomic E-state index is 12.4. The molecule has 0 aliphatic carbocycles. The Bertz CT molecular complexity index is 1020. The molecule has 3 aromatic rings. The van der Waals surface area contributed by atoms with Gasteiger partial charge in [-0.2, -0.15) is 0 Å². The molecular formula is C20H18N2O4. The number of nitrogens with one attached hydrogen (secondary N) is 1. The van der Waals surface area contributed by atoms with E-state index in [2.05, 4.69) is 10.3 Å². The normalized spacial score (nSPS) is 15.5. The van der Waals surface area contributed by atoms with Crippen molar-refractivity contribution in [3.63, 3.8) is 0 Å². The fourth-order valence-corrected chi connectivity index (χ4v) is 3.21. The molecule has 0 spiro atoms. The summed E-state index contributed by atoms with van der Waals surface area (Å²) in [5.74, 6) is 0.426. The third-order valence-corrected chi connectivity index (χ3v) is 4.44. The van der Waals surface area contributed by atoms with Crippen LogP contribution in [0.5, 0.6) is 11.5 Å². The Hall–Kier alpha value is -3.28. The number of methoxy groups -OCH3 is 2. The number of para-hydroxylation sites is 1. The molecule has 4 rings (SSSR count). The number of anilines is 1. The molecular weight excluding hydrogens is 332 g/mol. The molecule has 1 aromatic heterocycles. The molecule has 132 valence electrons. The number of esters is 1. The lowest BCUT2D eigenvalue weighted by Crippen LogP contribution is -2.11. The third kappa shape index (κ3) is 2.50. The minimum Gasteiger partial charge on any atom is -0.493 e. The average molecular weight is 350 g/mol. The second-order valence-corrected chi connectivity index (χ2v) is 6.02. The summed E-state index contributed by atoms with van der Waals surface area (Å²) in [7, 11) is 3.04. The van der Waals surface area contributed by atoms with E-state index < -0.39 is 12.2 Å². The summed E-state index contributed by atoms with van der Waals surface area (Å²) < 4.78 is 16.2. The molecule has 6 heteroatoms. The predicted octanol–water partition coefficient (Wildman–Crippen LogP) is 3.84. The Morgan fingerprint density at radius 1 is 1.08 bits per heavy atom. The van der Waals surface area contributed by atoms with Gasteiger partial charge in [0, 0.05) is 16.6 Å². The van der Waals surface area contributed by atoms with Gasteiger partial charge in [0.1, 0.15) is 5.56 Å². The van der Waals surface area contributed by atoms with Gasteiger partial charge in [0.05, 0.1) is 25.4 Å². The highest BCUT2D eigenvalue weighted by Crippen LogP contribution is 2.42. The average Bonchev–Trinajstić information content (AvgIpc) is 2.97. The van der Waals surface area contributed by atoms with E-state index in [1.54, 1.807) is 6.07 Å². The van der Waals surface area contributed by atoms with Gasteiger partial charge >= 0.3 is 5.97 Å². The first-order chi connectivity index (χ1) is 12.6. The van der Waals surface area contributed by atoms with Crippen LogP contribution in [0.25, 0.3) is 10.9 Å². The summed E-state index contributed by atoms with van der Waals surface area (Å²) in [6.07, 6.45) is -0.620. The summed E-state index contributed by atoms with van der Waals surface area (Å²) in [6.45, 7) is 1.94. The van der Waals surface area contributed by atoms with E-state index in [-0.39, 0.29) is 0 Å². The van der Waals surface area contributed by atoms with E-state index >= 15 is 0 Å². The van der Waals surface area contributed by atoms with Crippen molar-refractivity contribution in [1.82, 2.24) is 4.98 Å². The van der Waals surface area contributed by atoms with Crippen molar-refractivity contribution < 1.29 is 19.0 Å². The summed E-state index contributed by atoms with van der Waals surface area (Å²) in [4.78, 5) is 17.0. The largest absolute Gasteiger partial charge is 0.493 e. The lowest BCUT2D eigenvalue weighted by atomic mass is 10.1. The zero-order chi connectivity index (χ0) is 18.3. The zero-order valence-electron chi connectivity index (χ0n) is 14.7. The van der Waals surface area contributed by atoms with Crippen LogP contribution >= 0.6 is 0 Å². The molecule has 1 N–H and O–H groups in total. The van der Waals surface area contributed by atoms with Gasteiger partial charge in [-0.15, -0.1) is 0 Å². The standard InChI is InChI=1S/C20H18N2O4/c1-11-7-8-12-5-4-6-14(17(12)21-11)22-19-13-9-10-15(24-2)18(25-3)16(13)20(23)26-19/h4-10,19,22H,1-3H3/t19-/m1/s1. The lowest BCUT2D eigenvalue weighted by Gasteiger charge is -2.16. The molecule has 0 fully saturated rings. The Morgan fingerprint density at radius 2 is 1.92 bits per heavy atom. The number of fused-ring (bicyclic) bond motifs is 2. The Morgan fingerprint density at radius 3 is 2.69 bits per heavy atom. The van der Waals surface area contributed by atoms with Gasteiger partial charge in [-0.3, -0.25) is 4.98 Å². The van der Waals surface area contributed by atoms with Gasteiger partial charge in [-0.1, -0.05) is 18.2 Å². The van der Waals surface area contributed by atoms with Crippen molar-refractivity contribution in [2.24, 2.45) is 0 Å². The number of carbonyl (C=O) groups excluding carboxylic acids is 1. The van der Waals surface area contributed by atoms with Crippen molar-refractivity contribution in [3.05, 3.63) is 59.3 Å². The fraction of sp³-hybridized carbons (Fsp3) is 0.200. The number of cyclic esters (lactones) is 1. The maximum absolute atomic E-state index is 12.4. The first kappa shape index (κ1) is 16.2. The van der Waals surface area contributed by atoms with E-state index in [1.165, 1.54) is 14.2 Å². The van der Waals surface area contributed by atoms with Crippen LogP contribution in [0.1, 0.15) is 27.8 Å². The van der Waals surface area contributed by atoms with E-state index in [9.17, 15) is 4.79 Å². The van der Waals surface area contributed by atoms with Gasteiger partial charge in [-0.05, 0) is 31.2 Å². The van der Waals surface area contributed by atoms with Crippen LogP contribution in [0, 0.1) is 6.92 Å². The van der Waals surface area contributed by atoms with Gasteiger partial charge < -0.3 is 19.5 Å². The van der Waals surface area contributed by atoms with Crippen LogP contribution < -0.4 is 14.8 Å². The lowest BCUT2D eigenvalue weighted by molar-refractivity contribution is 0.0435. The number of hydrogen-bond donors (Lipinski definition) is 1. The minimum absolute atomic E-state index is 0.381. The Kier molecular flexibility index (Phi) is 3.88. The van der Waals surface area contributed by atoms with Gasteiger partial charge in [0.15, 0.2) is 11.5 Å². The van der Waals surface area contributed by atoms with Crippen molar-refractivity contribution in [2.75, 3.05) is 19.5 Å². The van der Waals surface area contributed by atoms with Gasteiger partial charge in [0.25, 0.3) is 0 Å². The summed E-state index contributed by atoms with van der Waals surface area (Å²) in [5.41, 5.74) is 3.64. The number of aromatic nitrogens is 1. The zero-order valence-corrected chi connectivity index (χ0v) is 14.7. The topological polar surface area (TPSA) is 69.7 Å². The van der Waals surface area contributed by atoms with E-state index in [0.29, 0.717) is 22.6 Å². The second-order valence-electron chi connectivity index (χ2n) is 6.02. The summed E-state index contributed by atoms with van der Waals surface area (Å²) in [5, 5.41) is 4.30. The number of carbonyl (C=O) groups is 1. The van der Waals surface area contributed by atoms with Crippen molar-refractivity contribution >= 4 is 22.6 Å². The van der Waals surface area contributed by atoms with Crippen molar-refractivity contribution in [3.8, 4) is 11.5 Å². The number of aryl methyl sites for hydroxylation is 1. The highest BCUT2D eigenvalue weighted by molar-refractivity contribution is 5.99. The molecule has 1 aliphatic rings. The fourth-order valence-electron chi connectivity index (χ4n) is 3.21. The molecule has 0 bridgehead atoms. The predicted molar refractivity (Wildman–Crippen MR) is 97.8 cm³/mol. The molecule has 0 amide bonds. The summed E-state index contributed by atoms with van der Waals surface area (Å²) in [6, 6.07) is 13.4. The van der Waals surface area contributed by atoms with Crippen LogP contribution in [0.4, 0.5) is 5.69 Å². The first-order valence-corrected chi connectivity index (χ1v) is 8.21. The van der Waals surface area contributed by atoms with Crippen LogP contribution in [-0.4, -0.2) is 25.2 Å². The molecule has 0 saturated carbocycles. The number of rotatable bonds is 4. The monoisotopic (exact) mass is 350 g/mol. The SMILES string of the molecule is COc1ccc2c(c1OC)C(=O)O[C@H]2Nc1cccc2ccc(C)nc12. The van der Waals surface area contributed by atoms with Crippen molar-refractivity contribution in [1.29, 1.82) is 0 Å². The molecule has 6 nitrogen and oxygen atoms in total. The number of hydrogen-bond acceptors (Lipinski definition) is 6. The molecule has 2 heterocycles. The molecule has 0 saturated heterocycles. The third-order valence-electron chi connectivity index (χ3n) is 4.44. The summed E-state index contributed by atoms with van der Waals surface area (Å²) >= 11 is 0. The van der Waals surface area contributed by atoms with Gasteiger partial charge in [-0.25, -0.2) is 4.79 Å². The molecule has 0 unspecified atom stereocenters. The van der Waals surface area contributed by atoms with Crippen LogP contribution in [0.15, 0.2) is 42.5 Å². The first-order valence-electron chi connectivity index (χ1n) is 8.21. The molecule has 0 radical (unpaired) electrons. The van der Waals surface area contributed by atoms with Crippen LogP contribution in [0.3, 0.4) is 0 Å². The highest BCUT2D eigenvalue weighted by atomic mass is 16.6. The van der Waals surface area contributed by atoms with Gasteiger partial charge in [0.2, 0.25) is 6.23 Å². The molecule has 1 atom stereocenters. The van der Waals surface area contributed by atoms with E-state index in [1.807, 2.05) is 43.3 Å².